The monoisotopic (exact) mass is 548 g/mol. The van der Waals surface area contributed by atoms with E-state index in [1.807, 2.05) is 0 Å². The molecule has 40 heavy (non-hydrogen) atoms. The molecule has 0 aliphatic carbocycles. The lowest BCUT2D eigenvalue weighted by Crippen LogP contribution is -2.45. The summed E-state index contributed by atoms with van der Waals surface area (Å²) in [5, 5.41) is 26.2. The molecule has 0 amide bonds. The zero-order valence-electron chi connectivity index (χ0n) is 23.4. The molecule has 8 nitrogen and oxygen atoms in total. The van der Waals surface area contributed by atoms with E-state index < -0.39 is 11.9 Å². The summed E-state index contributed by atoms with van der Waals surface area (Å²) >= 11 is 0. The number of carboxylic acid groups (broad SMARTS) is 2. The van der Waals surface area contributed by atoms with Gasteiger partial charge in [0.25, 0.3) is 0 Å². The molecule has 3 aliphatic heterocycles. The van der Waals surface area contributed by atoms with Gasteiger partial charge in [0.15, 0.2) is 0 Å². The molecule has 3 heterocycles. The van der Waals surface area contributed by atoms with Crippen molar-refractivity contribution in [2.45, 2.75) is 38.8 Å². The Morgan fingerprint density at radius 1 is 0.700 bits per heavy atom. The van der Waals surface area contributed by atoms with E-state index in [0.717, 1.165) is 89.4 Å². The number of hydrogen-bond acceptors (Lipinski definition) is 6. The van der Waals surface area contributed by atoms with Gasteiger partial charge in [0.1, 0.15) is 0 Å². The molecule has 3 aliphatic rings. The van der Waals surface area contributed by atoms with Crippen LogP contribution in [0.2, 0.25) is 0 Å². The fourth-order valence-corrected chi connectivity index (χ4v) is 6.79. The van der Waals surface area contributed by atoms with Gasteiger partial charge in [-0.2, -0.15) is 0 Å². The third kappa shape index (κ3) is 7.69. The average molecular weight is 549 g/mol. The number of nitrogens with one attached hydrogen (secondary N) is 2. The number of carboxylic acids is 2. The third-order valence-corrected chi connectivity index (χ3v) is 9.14. The molecule has 2 aromatic carbocycles. The SMILES string of the molecule is O=C(O)[C@@H](Cc1cccc(CN2CCN(Cc3cccc(C[C@H](C(=O)O)[C@H]4CCNC4)c3)CC2)c1)[C@@H]1CCNC1. The van der Waals surface area contributed by atoms with Crippen LogP contribution in [0.15, 0.2) is 48.5 Å². The van der Waals surface area contributed by atoms with Crippen molar-refractivity contribution < 1.29 is 19.8 Å². The first-order valence-corrected chi connectivity index (χ1v) is 14.9. The predicted octanol–water partition coefficient (Wildman–Crippen LogP) is 2.71. The summed E-state index contributed by atoms with van der Waals surface area (Å²) in [6.07, 6.45) is 3.05. The van der Waals surface area contributed by atoms with Gasteiger partial charge in [-0.15, -0.1) is 0 Å². The van der Waals surface area contributed by atoms with Crippen molar-refractivity contribution in [3.05, 3.63) is 70.8 Å². The van der Waals surface area contributed by atoms with E-state index in [9.17, 15) is 19.8 Å². The lowest BCUT2D eigenvalue weighted by atomic mass is 9.86. The molecule has 8 heteroatoms. The minimum Gasteiger partial charge on any atom is -0.481 e. The minimum absolute atomic E-state index is 0.207. The maximum Gasteiger partial charge on any atom is 0.307 e. The largest absolute Gasteiger partial charge is 0.481 e. The molecule has 3 fully saturated rings. The van der Waals surface area contributed by atoms with Gasteiger partial charge in [0, 0.05) is 39.3 Å². The minimum atomic E-state index is -0.687. The first-order valence-electron chi connectivity index (χ1n) is 14.9. The summed E-state index contributed by atoms with van der Waals surface area (Å²) in [7, 11) is 0. The van der Waals surface area contributed by atoms with Crippen LogP contribution in [0.3, 0.4) is 0 Å². The molecule has 4 N–H and O–H groups in total. The third-order valence-electron chi connectivity index (χ3n) is 9.14. The number of piperazine rings is 1. The predicted molar refractivity (Wildman–Crippen MR) is 155 cm³/mol. The van der Waals surface area contributed by atoms with Crippen LogP contribution in [0.25, 0.3) is 0 Å². The molecule has 2 aromatic rings. The first-order chi connectivity index (χ1) is 19.4. The Bertz CT molecular complexity index is 1050. The molecule has 0 radical (unpaired) electrons. The summed E-state index contributed by atoms with van der Waals surface area (Å²) < 4.78 is 0. The molecule has 0 saturated carbocycles. The standard InChI is InChI=1S/C32H44N4O4/c37-31(38)29(27-7-9-33-19-27)17-23-3-1-5-25(15-23)21-35-11-13-36(14-12-35)22-26-6-2-4-24(16-26)18-30(32(39)40)28-8-10-34-20-28/h1-6,15-16,27-30,33-34H,7-14,17-22H2,(H,37,38)(H,39,40)/t27-,28+,29-,30-/m0/s1. The molecule has 0 bridgehead atoms. The van der Waals surface area contributed by atoms with E-state index in [0.29, 0.717) is 12.8 Å². The van der Waals surface area contributed by atoms with Crippen LogP contribution in [-0.4, -0.2) is 84.3 Å². The van der Waals surface area contributed by atoms with E-state index in [1.165, 1.54) is 11.1 Å². The van der Waals surface area contributed by atoms with Gasteiger partial charge in [-0.05, 0) is 86.0 Å². The van der Waals surface area contributed by atoms with Crippen molar-refractivity contribution in [1.29, 1.82) is 0 Å². The van der Waals surface area contributed by atoms with Crippen LogP contribution in [0.5, 0.6) is 0 Å². The second-order valence-corrected chi connectivity index (χ2v) is 12.0. The molecular formula is C32H44N4O4. The number of hydrogen-bond donors (Lipinski definition) is 4. The summed E-state index contributed by atoms with van der Waals surface area (Å²) in [5.41, 5.74) is 4.73. The highest BCUT2D eigenvalue weighted by Gasteiger charge is 2.31. The quantitative estimate of drug-likeness (QED) is 0.321. The van der Waals surface area contributed by atoms with Crippen molar-refractivity contribution in [3.63, 3.8) is 0 Å². The molecule has 4 atom stereocenters. The normalized spacial score (nSPS) is 23.7. The Labute approximate surface area is 237 Å². The number of aliphatic carboxylic acids is 2. The van der Waals surface area contributed by atoms with Crippen LogP contribution in [0, 0.1) is 23.7 Å². The van der Waals surface area contributed by atoms with Crippen LogP contribution < -0.4 is 10.6 Å². The number of carbonyl (C=O) groups is 2. The molecule has 0 spiro atoms. The lowest BCUT2D eigenvalue weighted by Gasteiger charge is -2.35. The van der Waals surface area contributed by atoms with E-state index in [2.05, 4.69) is 69.0 Å². The topological polar surface area (TPSA) is 105 Å². The molecule has 3 saturated heterocycles. The highest BCUT2D eigenvalue weighted by Crippen LogP contribution is 2.26. The zero-order chi connectivity index (χ0) is 27.9. The van der Waals surface area contributed by atoms with Gasteiger partial charge in [0.2, 0.25) is 0 Å². The van der Waals surface area contributed by atoms with Crippen molar-refractivity contribution in [3.8, 4) is 0 Å². The smallest absolute Gasteiger partial charge is 0.307 e. The van der Waals surface area contributed by atoms with Crippen molar-refractivity contribution in [2.75, 3.05) is 52.4 Å². The lowest BCUT2D eigenvalue weighted by molar-refractivity contribution is -0.144. The highest BCUT2D eigenvalue weighted by atomic mass is 16.4. The van der Waals surface area contributed by atoms with Crippen LogP contribution in [-0.2, 0) is 35.5 Å². The number of benzene rings is 2. The molecule has 0 aromatic heterocycles. The summed E-state index contributed by atoms with van der Waals surface area (Å²) in [6.45, 7) is 9.15. The van der Waals surface area contributed by atoms with E-state index >= 15 is 0 Å². The average Bonchev–Trinajstić information content (AvgIpc) is 3.67. The zero-order valence-corrected chi connectivity index (χ0v) is 23.4. The highest BCUT2D eigenvalue weighted by molar-refractivity contribution is 5.71. The van der Waals surface area contributed by atoms with Gasteiger partial charge in [0.05, 0.1) is 11.8 Å². The van der Waals surface area contributed by atoms with Gasteiger partial charge < -0.3 is 20.8 Å². The van der Waals surface area contributed by atoms with E-state index in [-0.39, 0.29) is 23.7 Å². The van der Waals surface area contributed by atoms with Crippen LogP contribution in [0.4, 0.5) is 0 Å². The second kappa shape index (κ2) is 13.7. The van der Waals surface area contributed by atoms with Gasteiger partial charge in [-0.3, -0.25) is 19.4 Å². The second-order valence-electron chi connectivity index (χ2n) is 12.0. The Morgan fingerprint density at radius 3 is 1.45 bits per heavy atom. The first kappa shape index (κ1) is 28.7. The van der Waals surface area contributed by atoms with Crippen LogP contribution >= 0.6 is 0 Å². The van der Waals surface area contributed by atoms with Crippen LogP contribution in [0.1, 0.15) is 35.1 Å². The maximum atomic E-state index is 11.9. The Morgan fingerprint density at radius 2 is 1.10 bits per heavy atom. The van der Waals surface area contributed by atoms with Crippen molar-refractivity contribution >= 4 is 11.9 Å². The van der Waals surface area contributed by atoms with Gasteiger partial charge >= 0.3 is 11.9 Å². The molecular weight excluding hydrogens is 504 g/mol. The van der Waals surface area contributed by atoms with Gasteiger partial charge in [-0.25, -0.2) is 0 Å². The summed E-state index contributed by atoms with van der Waals surface area (Å²) in [5.74, 6) is -1.62. The Balaban J connectivity index is 1.11. The summed E-state index contributed by atoms with van der Waals surface area (Å²) in [6, 6.07) is 17.0. The van der Waals surface area contributed by atoms with Crippen molar-refractivity contribution in [2.24, 2.45) is 23.7 Å². The Kier molecular flexibility index (Phi) is 9.86. The fraction of sp³-hybridized carbons (Fsp3) is 0.562. The van der Waals surface area contributed by atoms with E-state index in [4.69, 9.17) is 0 Å². The molecule has 216 valence electrons. The van der Waals surface area contributed by atoms with E-state index in [1.54, 1.807) is 0 Å². The Hall–Kier alpha value is -2.78. The summed E-state index contributed by atoms with van der Waals surface area (Å²) in [4.78, 5) is 28.8. The fourth-order valence-electron chi connectivity index (χ4n) is 6.79. The number of rotatable bonds is 12. The van der Waals surface area contributed by atoms with Gasteiger partial charge in [-0.1, -0.05) is 48.5 Å². The maximum absolute atomic E-state index is 11.9. The number of nitrogens with zero attached hydrogens (tertiary/aromatic N) is 2. The molecule has 5 rings (SSSR count). The van der Waals surface area contributed by atoms with Crippen molar-refractivity contribution in [1.82, 2.24) is 20.4 Å². The molecule has 0 unspecified atom stereocenters.